The minimum Gasteiger partial charge on any atom is -0.396 e. The minimum absolute atomic E-state index is 0.0824. The number of pyridine rings is 1. The first-order valence-electron chi connectivity index (χ1n) is 15.9. The number of thioether (sulfide) groups is 1. The van der Waals surface area contributed by atoms with E-state index in [-0.39, 0.29) is 17.5 Å². The lowest BCUT2D eigenvalue weighted by atomic mass is 9.75. The molecule has 1 atom stereocenters. The van der Waals surface area contributed by atoms with Crippen molar-refractivity contribution < 1.29 is 13.9 Å². The smallest absolute Gasteiger partial charge is 0.184 e. The van der Waals surface area contributed by atoms with E-state index in [4.69, 9.17) is 10.1 Å². The average Bonchev–Trinajstić information content (AvgIpc) is 3.69. The van der Waals surface area contributed by atoms with Gasteiger partial charge >= 0.3 is 0 Å². The van der Waals surface area contributed by atoms with Crippen molar-refractivity contribution >= 4 is 34.4 Å². The van der Waals surface area contributed by atoms with Gasteiger partial charge in [0.25, 0.3) is 0 Å². The summed E-state index contributed by atoms with van der Waals surface area (Å²) >= 11 is 3.10. The molecule has 1 aliphatic heterocycles. The lowest BCUT2D eigenvalue weighted by Crippen LogP contribution is -2.27. The predicted octanol–water partition coefficient (Wildman–Crippen LogP) is 8.50. The third kappa shape index (κ3) is 6.62. The fourth-order valence-corrected chi connectivity index (χ4v) is 8.67. The van der Waals surface area contributed by atoms with Crippen LogP contribution in [-0.2, 0) is 25.3 Å². The Labute approximate surface area is 277 Å². The van der Waals surface area contributed by atoms with E-state index in [0.717, 1.165) is 70.8 Å². The van der Waals surface area contributed by atoms with Crippen LogP contribution in [0.5, 0.6) is 0 Å². The van der Waals surface area contributed by atoms with Gasteiger partial charge in [-0.15, -0.1) is 0 Å². The Bertz CT molecular complexity index is 1850. The maximum absolute atomic E-state index is 15.7. The zero-order valence-corrected chi connectivity index (χ0v) is 28.5. The molecule has 46 heavy (non-hydrogen) atoms. The number of aliphatic hydroxyl groups is 1. The molecule has 4 heterocycles. The summed E-state index contributed by atoms with van der Waals surface area (Å²) in [5.74, 6) is 1.43. The number of halogens is 2. The van der Waals surface area contributed by atoms with Gasteiger partial charge in [-0.3, -0.25) is 4.98 Å². The van der Waals surface area contributed by atoms with Crippen molar-refractivity contribution in [3.05, 3.63) is 89.0 Å². The number of benzene rings is 2. The van der Waals surface area contributed by atoms with Crippen LogP contribution in [0.3, 0.4) is 0 Å². The van der Waals surface area contributed by atoms with Gasteiger partial charge < -0.3 is 10.1 Å². The van der Waals surface area contributed by atoms with E-state index in [1.165, 1.54) is 17.3 Å². The molecule has 0 amide bonds. The quantitative estimate of drug-likeness (QED) is 0.201. The zero-order valence-electron chi connectivity index (χ0n) is 26.9. The Balaban J connectivity index is 1.46. The van der Waals surface area contributed by atoms with E-state index in [9.17, 15) is 5.11 Å². The van der Waals surface area contributed by atoms with Gasteiger partial charge in [0.15, 0.2) is 23.3 Å². The minimum atomic E-state index is -0.853. The van der Waals surface area contributed by atoms with E-state index < -0.39 is 17.0 Å². The van der Waals surface area contributed by atoms with Gasteiger partial charge in [0, 0.05) is 36.3 Å². The number of aromatic amines is 1. The molecule has 0 saturated heterocycles. The third-order valence-corrected chi connectivity index (χ3v) is 11.7. The number of nitrogens with one attached hydrogen (secondary N) is 1. The SMILES string of the molecule is Cn1nc2nc1-c1cc(ccn1)Sc1c(F)c(F)c3[nH]ccc3c1CCSCC(C)(C)CCC[C@]2(C)c1cccc(CCCO)c1. The molecule has 0 saturated carbocycles. The number of aliphatic hydroxyl groups excluding tert-OH is 1. The molecular formula is C36H41F2N5OS2. The second-order valence-corrected chi connectivity index (χ2v) is 15.4. The molecule has 6 rings (SSSR count). The van der Waals surface area contributed by atoms with Crippen molar-refractivity contribution in [3.8, 4) is 11.5 Å². The van der Waals surface area contributed by atoms with Crippen LogP contribution in [0.2, 0.25) is 0 Å². The Morgan fingerprint density at radius 1 is 1.07 bits per heavy atom. The largest absolute Gasteiger partial charge is 0.396 e. The highest BCUT2D eigenvalue weighted by Gasteiger charge is 2.35. The topological polar surface area (TPSA) is 79.6 Å². The molecule has 0 radical (unpaired) electrons. The van der Waals surface area contributed by atoms with Crippen LogP contribution in [-0.4, -0.2) is 48.0 Å². The average molecular weight is 662 g/mol. The lowest BCUT2D eigenvalue weighted by molar-refractivity contribution is 0.288. The second kappa shape index (κ2) is 13.5. The van der Waals surface area contributed by atoms with Gasteiger partial charge in [-0.1, -0.05) is 56.3 Å². The molecule has 3 aromatic heterocycles. The van der Waals surface area contributed by atoms with Gasteiger partial charge in [0.05, 0.1) is 15.8 Å². The van der Waals surface area contributed by atoms with Gasteiger partial charge in [0.1, 0.15) is 5.69 Å². The molecule has 0 spiro atoms. The number of hydrogen-bond donors (Lipinski definition) is 2. The van der Waals surface area contributed by atoms with Crippen LogP contribution < -0.4 is 0 Å². The first-order chi connectivity index (χ1) is 22.1. The third-order valence-electron chi connectivity index (χ3n) is 9.10. The predicted molar refractivity (Wildman–Crippen MR) is 184 cm³/mol. The lowest BCUT2D eigenvalue weighted by Gasteiger charge is -2.30. The summed E-state index contributed by atoms with van der Waals surface area (Å²) in [6.07, 6.45) is 8.41. The van der Waals surface area contributed by atoms with Crippen molar-refractivity contribution in [1.82, 2.24) is 24.7 Å². The molecule has 0 unspecified atom stereocenters. The standard InChI is InChI=1S/C36H41F2N5OS2/c1-35(2)14-7-15-36(3,24-10-5-8-23(20-24)9-6-18-44)34-41-33(43(4)42-34)28-21-25(11-16-39-28)46-32-27(13-19-45-22-35)26-12-17-40-31(26)29(37)30(32)38/h5,8,10-12,16-17,20-21,40,44H,6-7,9,13-15,18-19,22H2,1-4H3/t36-/m1/s1. The maximum atomic E-state index is 15.7. The molecular weight excluding hydrogens is 621 g/mol. The monoisotopic (exact) mass is 661 g/mol. The van der Waals surface area contributed by atoms with Crippen LogP contribution in [0.25, 0.3) is 22.4 Å². The van der Waals surface area contributed by atoms with Crippen molar-refractivity contribution in [2.45, 2.75) is 74.5 Å². The van der Waals surface area contributed by atoms with Crippen LogP contribution in [0.15, 0.2) is 64.6 Å². The van der Waals surface area contributed by atoms with Crippen molar-refractivity contribution in [1.29, 1.82) is 0 Å². The van der Waals surface area contributed by atoms with Gasteiger partial charge in [0.2, 0.25) is 0 Å². The van der Waals surface area contributed by atoms with E-state index in [1.54, 1.807) is 17.1 Å². The summed E-state index contributed by atoms with van der Waals surface area (Å²) in [5, 5.41) is 15.1. The normalized spacial score (nSPS) is 19.0. The molecule has 2 N–H and O–H groups in total. The van der Waals surface area contributed by atoms with E-state index in [0.29, 0.717) is 22.8 Å². The van der Waals surface area contributed by atoms with E-state index in [2.05, 4.69) is 55.0 Å². The molecule has 1 aliphatic rings. The molecule has 0 aliphatic carbocycles. The van der Waals surface area contributed by atoms with Gasteiger partial charge in [-0.2, -0.15) is 16.9 Å². The van der Waals surface area contributed by atoms with Gasteiger partial charge in [-0.25, -0.2) is 18.4 Å². The number of aryl methyl sites for hydroxylation is 3. The Kier molecular flexibility index (Phi) is 9.60. The number of H-pyrrole nitrogens is 1. The highest BCUT2D eigenvalue weighted by Crippen LogP contribution is 2.42. The summed E-state index contributed by atoms with van der Waals surface area (Å²) in [5.41, 5.74) is 3.63. The number of aromatic nitrogens is 5. The van der Waals surface area contributed by atoms with Crippen molar-refractivity contribution in [2.24, 2.45) is 12.5 Å². The Morgan fingerprint density at radius 2 is 1.91 bits per heavy atom. The van der Waals surface area contributed by atoms with E-state index in [1.807, 2.05) is 37.0 Å². The number of hydrogen-bond acceptors (Lipinski definition) is 6. The summed E-state index contributed by atoms with van der Waals surface area (Å²) in [6.45, 7) is 7.01. The zero-order chi connectivity index (χ0) is 32.5. The molecule has 6 nitrogen and oxygen atoms in total. The highest BCUT2D eigenvalue weighted by molar-refractivity contribution is 7.99. The maximum Gasteiger partial charge on any atom is 0.184 e. The summed E-state index contributed by atoms with van der Waals surface area (Å²) in [4.78, 5) is 13.7. The summed E-state index contributed by atoms with van der Waals surface area (Å²) < 4.78 is 32.7. The molecule has 10 heteroatoms. The van der Waals surface area contributed by atoms with Gasteiger partial charge in [-0.05, 0) is 90.8 Å². The summed E-state index contributed by atoms with van der Waals surface area (Å²) in [7, 11) is 1.88. The Morgan fingerprint density at radius 3 is 2.74 bits per heavy atom. The molecule has 5 aromatic rings. The first-order valence-corrected chi connectivity index (χ1v) is 17.9. The number of nitrogens with zero attached hydrogens (tertiary/aromatic N) is 4. The van der Waals surface area contributed by atoms with Crippen LogP contribution in [0.1, 0.15) is 69.0 Å². The van der Waals surface area contributed by atoms with Crippen molar-refractivity contribution in [2.75, 3.05) is 18.1 Å². The van der Waals surface area contributed by atoms with Crippen LogP contribution in [0, 0.1) is 17.0 Å². The molecule has 242 valence electrons. The van der Waals surface area contributed by atoms with Crippen LogP contribution >= 0.6 is 23.5 Å². The molecule has 2 aromatic carbocycles. The number of rotatable bonds is 4. The fraction of sp³-hybridized carbons (Fsp3) is 0.417. The van der Waals surface area contributed by atoms with Crippen molar-refractivity contribution in [3.63, 3.8) is 0 Å². The molecule has 4 bridgehead atoms. The molecule has 0 fully saturated rings. The second-order valence-electron chi connectivity index (χ2n) is 13.2. The first kappa shape index (κ1) is 32.7. The fourth-order valence-electron chi connectivity index (χ4n) is 6.43. The highest BCUT2D eigenvalue weighted by atomic mass is 32.2. The number of fused-ring (bicyclic) bond motifs is 8. The Hall–Kier alpha value is -3.21. The summed E-state index contributed by atoms with van der Waals surface area (Å²) in [6, 6.07) is 14.2. The van der Waals surface area contributed by atoms with Crippen LogP contribution in [0.4, 0.5) is 8.78 Å². The van der Waals surface area contributed by atoms with E-state index >= 15 is 8.78 Å².